The van der Waals surface area contributed by atoms with Crippen molar-refractivity contribution in [1.82, 2.24) is 4.90 Å². The van der Waals surface area contributed by atoms with Gasteiger partial charge in [0.1, 0.15) is 11.2 Å². The van der Waals surface area contributed by atoms with Gasteiger partial charge in [-0.25, -0.2) is 0 Å². The molecule has 1 amide bonds. The quantitative estimate of drug-likeness (QED) is 0.380. The van der Waals surface area contributed by atoms with Gasteiger partial charge < -0.3 is 15.4 Å². The van der Waals surface area contributed by atoms with E-state index in [0.29, 0.717) is 0 Å². The molecule has 2 N–H and O–H groups in total. The molecule has 0 aromatic heterocycles. The number of carbonyl (C=O) groups excluding carboxylic acids is 1. The van der Waals surface area contributed by atoms with Crippen LogP contribution in [0.4, 0.5) is 0 Å². The number of amides is 1. The number of ether oxygens (including phenoxy) is 1. The predicted octanol–water partition coefficient (Wildman–Crippen LogP) is 6.26. The first-order valence-electron chi connectivity index (χ1n) is 13.9. The number of rotatable bonds is 7. The lowest BCUT2D eigenvalue weighted by atomic mass is 9.64. The Kier molecular flexibility index (Phi) is 12.6. The van der Waals surface area contributed by atoms with Crippen LogP contribution in [-0.2, 0) is 23.1 Å². The summed E-state index contributed by atoms with van der Waals surface area (Å²) in [6.45, 7) is 11.6. The fourth-order valence-corrected chi connectivity index (χ4v) is 5.60. The van der Waals surface area contributed by atoms with Crippen LogP contribution in [0.3, 0.4) is 0 Å². The second-order valence-corrected chi connectivity index (χ2v) is 8.98. The minimum absolute atomic E-state index is 0.137. The molecule has 0 radical (unpaired) electrons. The number of terminal acetylenes is 1. The molecule has 1 fully saturated rings. The highest BCUT2D eigenvalue weighted by Crippen LogP contribution is 2.43. The second kappa shape index (κ2) is 15.6. The Morgan fingerprint density at radius 3 is 2.08 bits per heavy atom. The standard InChI is InChI=1S/C28H30N2O2.2C2H6.C2H2/c29-27(31)28(23-7-3-1-4-8-23,24-9-5-2-6-10-24)25-14-17-30(20-25)16-13-21-11-12-26-22(19-21)15-18-32-26;3*1-2/h1-12,19,25H,13-18,20H2,(H2,29,31);2*1-2H3;1-2H. The lowest BCUT2D eigenvalue weighted by Crippen LogP contribution is -2.49. The smallest absolute Gasteiger partial charge is 0.232 e. The van der Waals surface area contributed by atoms with Crippen molar-refractivity contribution >= 4 is 5.91 Å². The second-order valence-electron chi connectivity index (χ2n) is 8.98. The zero-order chi connectivity index (χ0) is 28.0. The molecule has 0 aliphatic carbocycles. The highest BCUT2D eigenvalue weighted by Gasteiger charge is 2.49. The van der Waals surface area contributed by atoms with Gasteiger partial charge in [-0.2, -0.15) is 0 Å². The average Bonchev–Trinajstić information content (AvgIpc) is 3.66. The largest absolute Gasteiger partial charge is 0.493 e. The maximum atomic E-state index is 13.2. The van der Waals surface area contributed by atoms with Crippen LogP contribution in [0.15, 0.2) is 78.9 Å². The van der Waals surface area contributed by atoms with Crippen molar-refractivity contribution in [2.24, 2.45) is 11.7 Å². The van der Waals surface area contributed by atoms with Crippen molar-refractivity contribution in [3.63, 3.8) is 0 Å². The van der Waals surface area contributed by atoms with Crippen LogP contribution in [0, 0.1) is 18.8 Å². The zero-order valence-corrected chi connectivity index (χ0v) is 23.5. The van der Waals surface area contributed by atoms with Gasteiger partial charge in [-0.3, -0.25) is 4.79 Å². The number of benzene rings is 3. The fraction of sp³-hybridized carbons (Fsp3) is 0.382. The zero-order valence-electron chi connectivity index (χ0n) is 23.5. The van der Waals surface area contributed by atoms with E-state index >= 15 is 0 Å². The van der Waals surface area contributed by atoms with E-state index in [0.717, 1.165) is 62.4 Å². The molecule has 1 saturated heterocycles. The molecule has 2 aliphatic heterocycles. The molecular formula is C34H44N2O2. The van der Waals surface area contributed by atoms with Crippen molar-refractivity contribution in [2.75, 3.05) is 26.2 Å². The first-order valence-corrected chi connectivity index (χ1v) is 13.9. The molecular weight excluding hydrogens is 468 g/mol. The molecule has 1 atom stereocenters. The summed E-state index contributed by atoms with van der Waals surface area (Å²) in [6.07, 6.45) is 11.0. The third-order valence-electron chi connectivity index (χ3n) is 7.20. The Hall–Kier alpha value is -3.55. The van der Waals surface area contributed by atoms with Gasteiger partial charge in [0.05, 0.1) is 6.61 Å². The summed E-state index contributed by atoms with van der Waals surface area (Å²) in [4.78, 5) is 15.7. The summed E-state index contributed by atoms with van der Waals surface area (Å²) in [5.41, 5.74) is 10.0. The molecule has 0 bridgehead atoms. The van der Waals surface area contributed by atoms with Crippen molar-refractivity contribution < 1.29 is 9.53 Å². The van der Waals surface area contributed by atoms with E-state index in [9.17, 15) is 4.79 Å². The summed E-state index contributed by atoms with van der Waals surface area (Å²) in [5, 5.41) is 0. The van der Waals surface area contributed by atoms with Gasteiger partial charge in [-0.05, 0) is 53.6 Å². The Bertz CT molecular complexity index is 1090. The van der Waals surface area contributed by atoms with Crippen LogP contribution in [0.2, 0.25) is 0 Å². The lowest BCUT2D eigenvalue weighted by molar-refractivity contribution is -0.123. The van der Waals surface area contributed by atoms with Gasteiger partial charge in [0.15, 0.2) is 0 Å². The molecule has 4 heteroatoms. The molecule has 3 aromatic carbocycles. The predicted molar refractivity (Wildman–Crippen MR) is 159 cm³/mol. The molecule has 1 unspecified atom stereocenters. The highest BCUT2D eigenvalue weighted by atomic mass is 16.5. The molecule has 38 heavy (non-hydrogen) atoms. The normalized spacial score (nSPS) is 15.8. The van der Waals surface area contributed by atoms with E-state index in [-0.39, 0.29) is 11.8 Å². The van der Waals surface area contributed by atoms with Gasteiger partial charge in [0, 0.05) is 19.5 Å². The molecule has 202 valence electrons. The Morgan fingerprint density at radius 1 is 0.947 bits per heavy atom. The maximum absolute atomic E-state index is 13.2. The van der Waals surface area contributed by atoms with Gasteiger partial charge in [-0.1, -0.05) is 100 Å². The number of primary amides is 1. The Morgan fingerprint density at radius 2 is 1.53 bits per heavy atom. The van der Waals surface area contributed by atoms with Crippen molar-refractivity contribution in [3.05, 3.63) is 101 Å². The number of nitrogens with zero attached hydrogens (tertiary/aromatic N) is 1. The fourth-order valence-electron chi connectivity index (χ4n) is 5.60. The van der Waals surface area contributed by atoms with E-state index in [1.54, 1.807) is 0 Å². The topological polar surface area (TPSA) is 55.6 Å². The molecule has 3 aromatic rings. The summed E-state index contributed by atoms with van der Waals surface area (Å²) < 4.78 is 5.64. The number of nitrogens with two attached hydrogens (primary N) is 1. The highest BCUT2D eigenvalue weighted by molar-refractivity contribution is 5.91. The van der Waals surface area contributed by atoms with Crippen LogP contribution in [0.1, 0.15) is 56.4 Å². The van der Waals surface area contributed by atoms with Gasteiger partial charge in [0.25, 0.3) is 0 Å². The Labute approximate surface area is 230 Å². The number of carbonyl (C=O) groups is 1. The van der Waals surface area contributed by atoms with Gasteiger partial charge in [0.2, 0.25) is 5.91 Å². The third kappa shape index (κ3) is 6.65. The van der Waals surface area contributed by atoms with E-state index in [4.69, 9.17) is 10.5 Å². The number of likely N-dealkylation sites (tertiary alicyclic amines) is 1. The monoisotopic (exact) mass is 512 g/mol. The molecule has 0 saturated carbocycles. The van der Waals surface area contributed by atoms with Crippen molar-refractivity contribution in [1.29, 1.82) is 0 Å². The first kappa shape index (κ1) is 30.7. The summed E-state index contributed by atoms with van der Waals surface area (Å²) >= 11 is 0. The van der Waals surface area contributed by atoms with E-state index in [1.807, 2.05) is 88.4 Å². The SMILES string of the molecule is C#C.CC.CC.NC(=O)C(c1ccccc1)(c1ccccc1)C1CCN(CCc2ccc3c(c2)CCO3)C1. The third-order valence-corrected chi connectivity index (χ3v) is 7.20. The Balaban J connectivity index is 0.000000791. The van der Waals surface area contributed by atoms with Gasteiger partial charge in [-0.15, -0.1) is 12.8 Å². The van der Waals surface area contributed by atoms with E-state index in [2.05, 4.69) is 35.9 Å². The summed E-state index contributed by atoms with van der Waals surface area (Å²) in [6, 6.07) is 26.7. The van der Waals surface area contributed by atoms with Gasteiger partial charge >= 0.3 is 0 Å². The first-order chi connectivity index (χ1) is 18.7. The van der Waals surface area contributed by atoms with E-state index < -0.39 is 5.41 Å². The van der Waals surface area contributed by atoms with Crippen LogP contribution in [0.25, 0.3) is 0 Å². The lowest BCUT2D eigenvalue weighted by Gasteiger charge is -2.37. The molecule has 0 spiro atoms. The average molecular weight is 513 g/mol. The minimum atomic E-state index is -0.817. The summed E-state index contributed by atoms with van der Waals surface area (Å²) in [7, 11) is 0. The van der Waals surface area contributed by atoms with E-state index in [1.165, 1.54) is 11.1 Å². The van der Waals surface area contributed by atoms with Crippen LogP contribution < -0.4 is 10.5 Å². The molecule has 2 aliphatic rings. The molecule has 2 heterocycles. The van der Waals surface area contributed by atoms with Crippen LogP contribution >= 0.6 is 0 Å². The van der Waals surface area contributed by atoms with Crippen LogP contribution in [0.5, 0.6) is 5.75 Å². The molecule has 5 rings (SSSR count). The van der Waals surface area contributed by atoms with Crippen molar-refractivity contribution in [2.45, 2.75) is 52.4 Å². The number of hydrogen-bond acceptors (Lipinski definition) is 3. The summed E-state index contributed by atoms with van der Waals surface area (Å²) in [5.74, 6) is 0.908. The van der Waals surface area contributed by atoms with Crippen molar-refractivity contribution in [3.8, 4) is 18.6 Å². The number of fused-ring (bicyclic) bond motifs is 1. The maximum Gasteiger partial charge on any atom is 0.232 e. The molecule has 4 nitrogen and oxygen atoms in total. The minimum Gasteiger partial charge on any atom is -0.493 e. The van der Waals surface area contributed by atoms with Crippen LogP contribution in [-0.4, -0.2) is 37.0 Å². The number of hydrogen-bond donors (Lipinski definition) is 1.